The zero-order chi connectivity index (χ0) is 12.4. The smallest absolute Gasteiger partial charge is 0.103 e. The van der Waals surface area contributed by atoms with E-state index in [9.17, 15) is 0 Å². The van der Waals surface area contributed by atoms with Crippen molar-refractivity contribution < 1.29 is 0 Å². The molecule has 90 valence electrons. The van der Waals surface area contributed by atoms with Crippen molar-refractivity contribution >= 4 is 23.4 Å². The molecule has 1 heterocycles. The van der Waals surface area contributed by atoms with Gasteiger partial charge < -0.3 is 5.73 Å². The number of halogens is 1. The van der Waals surface area contributed by atoms with Gasteiger partial charge in [-0.25, -0.2) is 0 Å². The van der Waals surface area contributed by atoms with Gasteiger partial charge in [0, 0.05) is 24.1 Å². The SMILES string of the molecule is Cc1nn(C)c(Sc2ccccc2Cl)c1CN. The van der Waals surface area contributed by atoms with Crippen LogP contribution in [0.4, 0.5) is 0 Å². The van der Waals surface area contributed by atoms with Crippen molar-refractivity contribution in [2.45, 2.75) is 23.4 Å². The van der Waals surface area contributed by atoms with Crippen molar-refractivity contribution in [3.63, 3.8) is 0 Å². The molecule has 0 spiro atoms. The van der Waals surface area contributed by atoms with Gasteiger partial charge in [-0.3, -0.25) is 4.68 Å². The Morgan fingerprint density at radius 1 is 1.41 bits per heavy atom. The lowest BCUT2D eigenvalue weighted by atomic mass is 10.3. The van der Waals surface area contributed by atoms with Crippen LogP contribution in [0.2, 0.25) is 5.02 Å². The fourth-order valence-corrected chi connectivity index (χ4v) is 2.97. The second-order valence-corrected chi connectivity index (χ2v) is 5.17. The molecular formula is C12H14ClN3S. The predicted molar refractivity (Wildman–Crippen MR) is 71.4 cm³/mol. The van der Waals surface area contributed by atoms with Gasteiger partial charge in [-0.1, -0.05) is 35.5 Å². The van der Waals surface area contributed by atoms with Gasteiger partial charge in [0.15, 0.2) is 0 Å². The van der Waals surface area contributed by atoms with Gasteiger partial charge in [0.1, 0.15) is 5.03 Å². The Morgan fingerprint density at radius 2 is 2.12 bits per heavy atom. The van der Waals surface area contributed by atoms with Crippen LogP contribution in [-0.2, 0) is 13.6 Å². The van der Waals surface area contributed by atoms with Gasteiger partial charge in [-0.15, -0.1) is 0 Å². The van der Waals surface area contributed by atoms with E-state index in [4.69, 9.17) is 17.3 Å². The third-order valence-electron chi connectivity index (χ3n) is 2.54. The van der Waals surface area contributed by atoms with Gasteiger partial charge in [0.05, 0.1) is 10.7 Å². The fourth-order valence-electron chi connectivity index (χ4n) is 1.68. The molecule has 0 saturated heterocycles. The number of rotatable bonds is 3. The number of aromatic nitrogens is 2. The summed E-state index contributed by atoms with van der Waals surface area (Å²) in [4.78, 5) is 1.02. The summed E-state index contributed by atoms with van der Waals surface area (Å²) < 4.78 is 1.85. The number of aryl methyl sites for hydroxylation is 2. The fraction of sp³-hybridized carbons (Fsp3) is 0.250. The van der Waals surface area contributed by atoms with E-state index >= 15 is 0 Å². The van der Waals surface area contributed by atoms with Crippen LogP contribution in [0, 0.1) is 6.92 Å². The van der Waals surface area contributed by atoms with Crippen LogP contribution in [0.25, 0.3) is 0 Å². The van der Waals surface area contributed by atoms with Crippen molar-refractivity contribution in [2.24, 2.45) is 12.8 Å². The first-order valence-electron chi connectivity index (χ1n) is 5.28. The van der Waals surface area contributed by atoms with Gasteiger partial charge >= 0.3 is 0 Å². The first-order chi connectivity index (χ1) is 8.13. The average molecular weight is 268 g/mol. The van der Waals surface area contributed by atoms with Crippen molar-refractivity contribution in [3.05, 3.63) is 40.5 Å². The largest absolute Gasteiger partial charge is 0.326 e. The second kappa shape index (κ2) is 5.12. The van der Waals surface area contributed by atoms with Crippen LogP contribution in [0.5, 0.6) is 0 Å². The Bertz CT molecular complexity index is 537. The van der Waals surface area contributed by atoms with Gasteiger partial charge in [0.25, 0.3) is 0 Å². The number of benzene rings is 1. The van der Waals surface area contributed by atoms with Gasteiger partial charge in [0.2, 0.25) is 0 Å². The Balaban J connectivity index is 2.40. The summed E-state index contributed by atoms with van der Waals surface area (Å²) in [5.74, 6) is 0. The van der Waals surface area contributed by atoms with Crippen molar-refractivity contribution in [3.8, 4) is 0 Å². The number of hydrogen-bond donors (Lipinski definition) is 1. The molecule has 0 radical (unpaired) electrons. The third kappa shape index (κ3) is 2.49. The quantitative estimate of drug-likeness (QED) is 0.930. The van der Waals surface area contributed by atoms with E-state index in [-0.39, 0.29) is 0 Å². The van der Waals surface area contributed by atoms with Crippen LogP contribution in [0.15, 0.2) is 34.2 Å². The van der Waals surface area contributed by atoms with E-state index in [0.29, 0.717) is 6.54 Å². The first-order valence-corrected chi connectivity index (χ1v) is 6.48. The summed E-state index contributed by atoms with van der Waals surface area (Å²) in [5, 5.41) is 6.18. The lowest BCUT2D eigenvalue weighted by molar-refractivity contribution is 0.688. The van der Waals surface area contributed by atoms with Crippen LogP contribution in [-0.4, -0.2) is 9.78 Å². The molecule has 2 rings (SSSR count). The van der Waals surface area contributed by atoms with Crippen LogP contribution < -0.4 is 5.73 Å². The zero-order valence-corrected chi connectivity index (χ0v) is 11.3. The summed E-state index contributed by atoms with van der Waals surface area (Å²) in [5.41, 5.74) is 7.81. The topological polar surface area (TPSA) is 43.8 Å². The van der Waals surface area contributed by atoms with E-state index in [0.717, 1.165) is 26.2 Å². The standard InChI is InChI=1S/C12H14ClN3S/c1-8-9(7-14)12(16(2)15-8)17-11-6-4-3-5-10(11)13/h3-6H,7,14H2,1-2H3. The molecule has 3 nitrogen and oxygen atoms in total. The van der Waals surface area contributed by atoms with Crippen molar-refractivity contribution in [2.75, 3.05) is 0 Å². The van der Waals surface area contributed by atoms with Crippen molar-refractivity contribution in [1.29, 1.82) is 0 Å². The van der Waals surface area contributed by atoms with Crippen LogP contribution in [0.1, 0.15) is 11.3 Å². The molecule has 0 bridgehead atoms. The molecule has 0 aliphatic carbocycles. The molecule has 0 saturated carbocycles. The maximum atomic E-state index is 6.15. The Hall–Kier alpha value is -0.970. The predicted octanol–water partition coefficient (Wildman–Crippen LogP) is 2.99. The zero-order valence-electron chi connectivity index (χ0n) is 9.77. The highest BCUT2D eigenvalue weighted by Crippen LogP contribution is 2.35. The Labute approximate surface area is 110 Å². The normalized spacial score (nSPS) is 10.8. The number of nitrogens with two attached hydrogens (primary N) is 1. The van der Waals surface area contributed by atoms with E-state index in [1.807, 2.05) is 42.9 Å². The minimum Gasteiger partial charge on any atom is -0.326 e. The first kappa shape index (κ1) is 12.5. The Morgan fingerprint density at radius 3 is 2.76 bits per heavy atom. The molecule has 5 heteroatoms. The third-order valence-corrected chi connectivity index (χ3v) is 4.26. The summed E-state index contributed by atoms with van der Waals surface area (Å²) in [6.07, 6.45) is 0. The van der Waals surface area contributed by atoms with Gasteiger partial charge in [-0.2, -0.15) is 5.10 Å². The molecule has 0 aliphatic rings. The number of hydrogen-bond acceptors (Lipinski definition) is 3. The molecule has 0 aliphatic heterocycles. The lowest BCUT2D eigenvalue weighted by Crippen LogP contribution is -1.99. The molecule has 0 fully saturated rings. The molecular weight excluding hydrogens is 254 g/mol. The highest BCUT2D eigenvalue weighted by atomic mass is 35.5. The highest BCUT2D eigenvalue weighted by molar-refractivity contribution is 7.99. The number of nitrogens with zero attached hydrogens (tertiary/aromatic N) is 2. The maximum Gasteiger partial charge on any atom is 0.103 e. The molecule has 17 heavy (non-hydrogen) atoms. The summed E-state index contributed by atoms with van der Waals surface area (Å²) in [6.45, 7) is 2.46. The van der Waals surface area contributed by atoms with Crippen molar-refractivity contribution in [1.82, 2.24) is 9.78 Å². The van der Waals surface area contributed by atoms with Gasteiger partial charge in [-0.05, 0) is 19.1 Å². The Kier molecular flexibility index (Phi) is 3.76. The average Bonchev–Trinajstić information content (AvgIpc) is 2.56. The van der Waals surface area contributed by atoms with Crippen LogP contribution >= 0.6 is 23.4 Å². The molecule has 0 atom stereocenters. The maximum absolute atomic E-state index is 6.15. The monoisotopic (exact) mass is 267 g/mol. The minimum atomic E-state index is 0.493. The summed E-state index contributed by atoms with van der Waals surface area (Å²) >= 11 is 7.75. The summed E-state index contributed by atoms with van der Waals surface area (Å²) in [6, 6.07) is 7.77. The highest BCUT2D eigenvalue weighted by Gasteiger charge is 2.14. The van der Waals surface area contributed by atoms with E-state index in [2.05, 4.69) is 5.10 Å². The van der Waals surface area contributed by atoms with E-state index in [1.54, 1.807) is 11.8 Å². The van der Waals surface area contributed by atoms with Crippen LogP contribution in [0.3, 0.4) is 0 Å². The molecule has 2 aromatic rings. The minimum absolute atomic E-state index is 0.493. The molecule has 2 N–H and O–H groups in total. The molecule has 0 unspecified atom stereocenters. The summed E-state index contributed by atoms with van der Waals surface area (Å²) in [7, 11) is 1.92. The molecule has 1 aromatic carbocycles. The van der Waals surface area contributed by atoms with E-state index in [1.165, 1.54) is 0 Å². The van der Waals surface area contributed by atoms with E-state index < -0.39 is 0 Å². The lowest BCUT2D eigenvalue weighted by Gasteiger charge is -2.06. The molecule has 0 amide bonds. The molecule has 1 aromatic heterocycles. The second-order valence-electron chi connectivity index (χ2n) is 3.73.